The number of nitrogens with two attached hydrogens (primary N) is 1. The molecule has 0 saturated heterocycles. The standard InChI is InChI=1S/C13H17N3/c1-12(2)8-13(12,14)11-9-6-4-5-7-10(9)15-16(11)3/h4-7H,8,14H2,1-3H3. The van der Waals surface area contributed by atoms with Crippen LogP contribution in [-0.2, 0) is 12.6 Å². The van der Waals surface area contributed by atoms with Crippen LogP contribution < -0.4 is 5.73 Å². The fourth-order valence-electron chi connectivity index (χ4n) is 2.73. The first kappa shape index (κ1) is 9.85. The van der Waals surface area contributed by atoms with Crippen molar-refractivity contribution in [1.82, 2.24) is 9.78 Å². The maximum atomic E-state index is 6.50. The summed E-state index contributed by atoms with van der Waals surface area (Å²) in [5.41, 5.74) is 8.68. The van der Waals surface area contributed by atoms with Gasteiger partial charge in [0.25, 0.3) is 0 Å². The van der Waals surface area contributed by atoms with Crippen LogP contribution in [0.2, 0.25) is 0 Å². The van der Waals surface area contributed by atoms with Crippen molar-refractivity contribution >= 4 is 10.9 Å². The van der Waals surface area contributed by atoms with Gasteiger partial charge in [-0.3, -0.25) is 4.68 Å². The Morgan fingerprint density at radius 3 is 2.56 bits per heavy atom. The van der Waals surface area contributed by atoms with Crippen LogP contribution in [0.1, 0.15) is 26.0 Å². The molecule has 0 amide bonds. The van der Waals surface area contributed by atoms with Gasteiger partial charge in [-0.1, -0.05) is 32.0 Å². The third-order valence-corrected chi connectivity index (χ3v) is 3.97. The molecule has 0 bridgehead atoms. The van der Waals surface area contributed by atoms with Gasteiger partial charge in [0.1, 0.15) is 0 Å². The molecule has 2 aromatic rings. The molecular formula is C13H17N3. The van der Waals surface area contributed by atoms with E-state index in [4.69, 9.17) is 5.73 Å². The van der Waals surface area contributed by atoms with E-state index in [0.29, 0.717) is 0 Å². The maximum Gasteiger partial charge on any atom is 0.0926 e. The number of rotatable bonds is 1. The van der Waals surface area contributed by atoms with Crippen LogP contribution in [0.5, 0.6) is 0 Å². The lowest BCUT2D eigenvalue weighted by Gasteiger charge is -2.15. The highest BCUT2D eigenvalue weighted by Crippen LogP contribution is 2.61. The van der Waals surface area contributed by atoms with E-state index >= 15 is 0 Å². The van der Waals surface area contributed by atoms with E-state index in [0.717, 1.165) is 11.9 Å². The third-order valence-electron chi connectivity index (χ3n) is 3.97. The van der Waals surface area contributed by atoms with Gasteiger partial charge in [-0.05, 0) is 17.9 Å². The molecule has 1 aromatic heterocycles. The number of aryl methyl sites for hydroxylation is 1. The predicted molar refractivity (Wildman–Crippen MR) is 65.0 cm³/mol. The second-order valence-electron chi connectivity index (χ2n) is 5.52. The smallest absolute Gasteiger partial charge is 0.0926 e. The van der Waals surface area contributed by atoms with Gasteiger partial charge in [-0.15, -0.1) is 0 Å². The Labute approximate surface area is 95.2 Å². The van der Waals surface area contributed by atoms with E-state index in [1.807, 2.05) is 29.9 Å². The molecule has 3 rings (SSSR count). The zero-order valence-corrected chi connectivity index (χ0v) is 9.99. The van der Waals surface area contributed by atoms with Gasteiger partial charge in [0.2, 0.25) is 0 Å². The fraction of sp³-hybridized carbons (Fsp3) is 0.462. The number of fused-ring (bicyclic) bond motifs is 1. The molecule has 1 saturated carbocycles. The van der Waals surface area contributed by atoms with Crippen molar-refractivity contribution in [2.24, 2.45) is 18.2 Å². The molecule has 1 aromatic carbocycles. The minimum atomic E-state index is -0.210. The Bertz CT molecular complexity index is 568. The molecule has 84 valence electrons. The van der Waals surface area contributed by atoms with Crippen molar-refractivity contribution < 1.29 is 0 Å². The number of hydrogen-bond donors (Lipinski definition) is 1. The van der Waals surface area contributed by atoms with Crippen LogP contribution in [0.3, 0.4) is 0 Å². The van der Waals surface area contributed by atoms with Gasteiger partial charge >= 0.3 is 0 Å². The second kappa shape index (κ2) is 2.66. The zero-order valence-electron chi connectivity index (χ0n) is 9.99. The Morgan fingerprint density at radius 1 is 1.31 bits per heavy atom. The monoisotopic (exact) mass is 215 g/mol. The molecule has 3 nitrogen and oxygen atoms in total. The Morgan fingerprint density at radius 2 is 1.94 bits per heavy atom. The van der Waals surface area contributed by atoms with Crippen LogP contribution in [0.15, 0.2) is 24.3 Å². The summed E-state index contributed by atoms with van der Waals surface area (Å²) in [6.07, 6.45) is 1.03. The molecule has 1 unspecified atom stereocenters. The molecule has 1 heterocycles. The summed E-state index contributed by atoms with van der Waals surface area (Å²) in [6.45, 7) is 4.43. The van der Waals surface area contributed by atoms with Crippen molar-refractivity contribution in [3.63, 3.8) is 0 Å². The van der Waals surface area contributed by atoms with Crippen molar-refractivity contribution in [2.45, 2.75) is 25.8 Å². The lowest BCUT2D eigenvalue weighted by Crippen LogP contribution is -2.28. The highest BCUT2D eigenvalue weighted by Gasteiger charge is 2.61. The van der Waals surface area contributed by atoms with Gasteiger partial charge in [-0.25, -0.2) is 0 Å². The van der Waals surface area contributed by atoms with Crippen LogP contribution in [-0.4, -0.2) is 9.78 Å². The van der Waals surface area contributed by atoms with Gasteiger partial charge in [-0.2, -0.15) is 5.10 Å². The number of benzene rings is 1. The molecule has 1 aliphatic carbocycles. The number of nitrogens with zero attached hydrogens (tertiary/aromatic N) is 2. The Balaban J connectivity index is 2.29. The van der Waals surface area contributed by atoms with Crippen LogP contribution in [0.25, 0.3) is 10.9 Å². The van der Waals surface area contributed by atoms with E-state index < -0.39 is 0 Å². The molecule has 1 atom stereocenters. The summed E-state index contributed by atoms with van der Waals surface area (Å²) < 4.78 is 1.94. The molecule has 0 aliphatic heterocycles. The van der Waals surface area contributed by atoms with Crippen LogP contribution in [0, 0.1) is 5.41 Å². The van der Waals surface area contributed by atoms with Gasteiger partial charge in [0.05, 0.1) is 16.7 Å². The summed E-state index contributed by atoms with van der Waals surface area (Å²) in [5.74, 6) is 0. The third kappa shape index (κ3) is 1.04. The van der Waals surface area contributed by atoms with E-state index in [9.17, 15) is 0 Å². The van der Waals surface area contributed by atoms with Crippen molar-refractivity contribution in [3.8, 4) is 0 Å². The summed E-state index contributed by atoms with van der Waals surface area (Å²) >= 11 is 0. The summed E-state index contributed by atoms with van der Waals surface area (Å²) in [7, 11) is 1.98. The first-order valence-electron chi connectivity index (χ1n) is 5.67. The average molecular weight is 215 g/mol. The number of aromatic nitrogens is 2. The first-order valence-corrected chi connectivity index (χ1v) is 5.67. The highest BCUT2D eigenvalue weighted by atomic mass is 15.3. The molecule has 1 aliphatic rings. The Kier molecular flexibility index (Phi) is 1.64. The minimum Gasteiger partial charge on any atom is -0.320 e. The van der Waals surface area contributed by atoms with Gasteiger partial charge in [0, 0.05) is 12.4 Å². The molecule has 2 N–H and O–H groups in total. The predicted octanol–water partition coefficient (Wildman–Crippen LogP) is 2.16. The topological polar surface area (TPSA) is 43.8 Å². The number of hydrogen-bond acceptors (Lipinski definition) is 2. The molecule has 3 heteroatoms. The van der Waals surface area contributed by atoms with Crippen molar-refractivity contribution in [2.75, 3.05) is 0 Å². The van der Waals surface area contributed by atoms with E-state index in [2.05, 4.69) is 25.0 Å². The molecular weight excluding hydrogens is 198 g/mol. The lowest BCUT2D eigenvalue weighted by molar-refractivity contribution is 0.481. The van der Waals surface area contributed by atoms with Gasteiger partial charge < -0.3 is 5.73 Å². The second-order valence-corrected chi connectivity index (χ2v) is 5.52. The quantitative estimate of drug-likeness (QED) is 0.792. The van der Waals surface area contributed by atoms with E-state index in [-0.39, 0.29) is 11.0 Å². The van der Waals surface area contributed by atoms with Gasteiger partial charge in [0.15, 0.2) is 0 Å². The summed E-state index contributed by atoms with van der Waals surface area (Å²) in [6, 6.07) is 8.21. The molecule has 16 heavy (non-hydrogen) atoms. The normalized spacial score (nSPS) is 27.2. The SMILES string of the molecule is Cn1nc2ccccc2c1C1(N)CC1(C)C. The zero-order chi connectivity index (χ0) is 11.6. The largest absolute Gasteiger partial charge is 0.320 e. The minimum absolute atomic E-state index is 0.184. The van der Waals surface area contributed by atoms with Crippen LogP contribution >= 0.6 is 0 Å². The summed E-state index contributed by atoms with van der Waals surface area (Å²) in [5, 5.41) is 5.71. The Hall–Kier alpha value is -1.35. The van der Waals surface area contributed by atoms with E-state index in [1.54, 1.807) is 0 Å². The van der Waals surface area contributed by atoms with Crippen molar-refractivity contribution in [1.29, 1.82) is 0 Å². The van der Waals surface area contributed by atoms with Crippen LogP contribution in [0.4, 0.5) is 0 Å². The lowest BCUT2D eigenvalue weighted by atomic mass is 9.99. The van der Waals surface area contributed by atoms with Crippen molar-refractivity contribution in [3.05, 3.63) is 30.0 Å². The molecule has 0 spiro atoms. The molecule has 1 fully saturated rings. The summed E-state index contributed by atoms with van der Waals surface area (Å²) in [4.78, 5) is 0. The average Bonchev–Trinajstić information content (AvgIpc) is 2.55. The maximum absolute atomic E-state index is 6.50. The fourth-order valence-corrected chi connectivity index (χ4v) is 2.73. The molecule has 0 radical (unpaired) electrons. The highest BCUT2D eigenvalue weighted by molar-refractivity contribution is 5.83. The first-order chi connectivity index (χ1) is 7.46. The van der Waals surface area contributed by atoms with E-state index in [1.165, 1.54) is 11.1 Å².